The topological polar surface area (TPSA) is 79.0 Å². The Morgan fingerprint density at radius 3 is 2.42 bits per heavy atom. The van der Waals surface area contributed by atoms with Crippen LogP contribution in [0.2, 0.25) is 0 Å². The van der Waals surface area contributed by atoms with E-state index in [1.54, 1.807) is 14.0 Å². The van der Waals surface area contributed by atoms with Crippen LogP contribution in [-0.2, 0) is 14.4 Å². The van der Waals surface area contributed by atoms with E-state index in [4.69, 9.17) is 0 Å². The second-order valence-corrected chi connectivity index (χ2v) is 5.73. The number of carbonyl (C=O) groups excluding carboxylic acids is 3. The molecule has 0 saturated carbocycles. The number of rotatable bonds is 6. The van der Waals surface area contributed by atoms with Gasteiger partial charge in [0, 0.05) is 12.2 Å². The van der Waals surface area contributed by atoms with Crippen LogP contribution in [0.25, 0.3) is 0 Å². The Bertz CT molecular complexity index is 691. The van der Waals surface area contributed by atoms with Crippen LogP contribution in [0.15, 0.2) is 24.3 Å². The molecule has 1 aliphatic rings. The zero-order valence-corrected chi connectivity index (χ0v) is 14.2. The largest absolute Gasteiger partial charge is 0.573 e. The van der Waals surface area contributed by atoms with Crippen molar-refractivity contribution in [3.05, 3.63) is 24.3 Å². The summed E-state index contributed by atoms with van der Waals surface area (Å²) in [7, 11) is 1.55. The fraction of sp³-hybridized carbons (Fsp3) is 0.438. The van der Waals surface area contributed by atoms with E-state index >= 15 is 0 Å². The first kappa shape index (κ1) is 19.7. The number of hydrogen-bond acceptors (Lipinski definition) is 5. The van der Waals surface area contributed by atoms with Gasteiger partial charge in [0.05, 0.1) is 19.0 Å². The molecular formula is C16H18F3N3O4. The highest BCUT2D eigenvalue weighted by atomic mass is 19.4. The Hall–Kier alpha value is -2.62. The lowest BCUT2D eigenvalue weighted by Gasteiger charge is -2.22. The number of nitrogens with one attached hydrogen (secondary N) is 1. The summed E-state index contributed by atoms with van der Waals surface area (Å²) >= 11 is 0. The average molecular weight is 373 g/mol. The second-order valence-electron chi connectivity index (χ2n) is 5.73. The zero-order valence-electron chi connectivity index (χ0n) is 14.2. The van der Waals surface area contributed by atoms with Gasteiger partial charge in [-0.2, -0.15) is 0 Å². The van der Waals surface area contributed by atoms with Crippen molar-refractivity contribution in [3.63, 3.8) is 0 Å². The van der Waals surface area contributed by atoms with Gasteiger partial charge in [-0.25, -0.2) is 0 Å². The van der Waals surface area contributed by atoms with E-state index in [9.17, 15) is 27.6 Å². The smallest absolute Gasteiger partial charge is 0.406 e. The third kappa shape index (κ3) is 4.94. The molecule has 0 unspecified atom stereocenters. The maximum atomic E-state index is 12.1. The molecular weight excluding hydrogens is 355 g/mol. The summed E-state index contributed by atoms with van der Waals surface area (Å²) in [6, 6.07) is 3.98. The van der Waals surface area contributed by atoms with E-state index in [1.807, 2.05) is 0 Å². The maximum Gasteiger partial charge on any atom is 0.573 e. The van der Waals surface area contributed by atoms with E-state index in [2.05, 4.69) is 10.1 Å². The molecule has 0 aromatic heterocycles. The van der Waals surface area contributed by atoms with E-state index in [-0.39, 0.29) is 37.0 Å². The van der Waals surface area contributed by atoms with Crippen LogP contribution in [0.1, 0.15) is 13.3 Å². The number of halogens is 3. The van der Waals surface area contributed by atoms with Crippen molar-refractivity contribution >= 4 is 23.4 Å². The fourth-order valence-corrected chi connectivity index (χ4v) is 2.62. The van der Waals surface area contributed by atoms with Gasteiger partial charge in [0.2, 0.25) is 17.7 Å². The Morgan fingerprint density at radius 1 is 1.31 bits per heavy atom. The molecule has 7 nitrogen and oxygen atoms in total. The lowest BCUT2D eigenvalue weighted by Crippen LogP contribution is -2.43. The molecule has 1 aliphatic heterocycles. The number of benzene rings is 1. The minimum atomic E-state index is -4.79. The minimum absolute atomic E-state index is 0.0138. The Kier molecular flexibility index (Phi) is 5.86. The predicted octanol–water partition coefficient (Wildman–Crippen LogP) is 1.60. The summed E-state index contributed by atoms with van der Waals surface area (Å²) in [6.07, 6.45) is -4.77. The maximum absolute atomic E-state index is 12.1. The standard InChI is InChI=1S/C16H18F3N3O4/c1-3-22-14(24)8-12(15(22)25)21(2)9-13(23)20-10-4-6-11(7-5-10)26-16(17,18)19/h4-7,12H,3,8-9H2,1-2H3,(H,20,23)/t12-/m1/s1. The van der Waals surface area contributed by atoms with Gasteiger partial charge in [-0.3, -0.25) is 24.2 Å². The Balaban J connectivity index is 1.90. The number of alkyl halides is 3. The number of likely N-dealkylation sites (N-methyl/N-ethyl adjacent to an activating group) is 2. The number of carbonyl (C=O) groups is 3. The summed E-state index contributed by atoms with van der Waals surface area (Å²) in [5, 5.41) is 2.51. The van der Waals surface area contributed by atoms with Crippen molar-refractivity contribution in [2.45, 2.75) is 25.7 Å². The van der Waals surface area contributed by atoms with Crippen molar-refractivity contribution in [2.24, 2.45) is 0 Å². The molecule has 142 valence electrons. The predicted molar refractivity (Wildman–Crippen MR) is 85.2 cm³/mol. The number of ether oxygens (including phenoxy) is 1. The first-order chi connectivity index (χ1) is 12.1. The Labute approximate surface area is 147 Å². The molecule has 1 fully saturated rings. The molecule has 0 aliphatic carbocycles. The molecule has 1 aromatic rings. The molecule has 26 heavy (non-hydrogen) atoms. The highest BCUT2D eigenvalue weighted by Crippen LogP contribution is 2.24. The summed E-state index contributed by atoms with van der Waals surface area (Å²) in [5.74, 6) is -1.49. The first-order valence-electron chi connectivity index (χ1n) is 7.81. The molecule has 10 heteroatoms. The quantitative estimate of drug-likeness (QED) is 0.767. The Morgan fingerprint density at radius 2 is 1.92 bits per heavy atom. The molecule has 1 atom stereocenters. The molecule has 3 amide bonds. The number of anilines is 1. The number of hydrogen-bond donors (Lipinski definition) is 1. The molecule has 1 N–H and O–H groups in total. The zero-order chi connectivity index (χ0) is 19.5. The van der Waals surface area contributed by atoms with Crippen LogP contribution >= 0.6 is 0 Å². The van der Waals surface area contributed by atoms with Crippen LogP contribution in [-0.4, -0.2) is 60.1 Å². The number of likely N-dealkylation sites (tertiary alicyclic amines) is 1. The van der Waals surface area contributed by atoms with Gasteiger partial charge in [0.25, 0.3) is 0 Å². The number of nitrogens with zero attached hydrogens (tertiary/aromatic N) is 2. The lowest BCUT2D eigenvalue weighted by atomic mass is 10.2. The van der Waals surface area contributed by atoms with Gasteiger partial charge in [0.1, 0.15) is 5.75 Å². The third-order valence-corrected chi connectivity index (χ3v) is 3.83. The first-order valence-corrected chi connectivity index (χ1v) is 7.81. The van der Waals surface area contributed by atoms with Gasteiger partial charge in [-0.15, -0.1) is 13.2 Å². The van der Waals surface area contributed by atoms with Crippen LogP contribution in [0.3, 0.4) is 0 Å². The lowest BCUT2D eigenvalue weighted by molar-refractivity contribution is -0.274. The molecule has 0 bridgehead atoms. The van der Waals surface area contributed by atoms with Crippen LogP contribution < -0.4 is 10.1 Å². The summed E-state index contributed by atoms with van der Waals surface area (Å²) < 4.78 is 40.1. The second kappa shape index (κ2) is 7.73. The summed E-state index contributed by atoms with van der Waals surface area (Å²) in [4.78, 5) is 38.5. The molecule has 0 radical (unpaired) electrons. The van der Waals surface area contributed by atoms with E-state index in [1.165, 1.54) is 17.0 Å². The van der Waals surface area contributed by atoms with Crippen LogP contribution in [0.4, 0.5) is 18.9 Å². The summed E-state index contributed by atoms with van der Waals surface area (Å²) in [5.41, 5.74) is 0.280. The molecule has 2 rings (SSSR count). The monoisotopic (exact) mass is 373 g/mol. The van der Waals surface area contributed by atoms with Crippen LogP contribution in [0.5, 0.6) is 5.75 Å². The number of amides is 3. The van der Waals surface area contributed by atoms with E-state index in [0.29, 0.717) is 0 Å². The van der Waals surface area contributed by atoms with Crippen molar-refractivity contribution in [3.8, 4) is 5.75 Å². The SMILES string of the molecule is CCN1C(=O)C[C@@H](N(C)CC(=O)Nc2ccc(OC(F)(F)F)cc2)C1=O. The molecule has 1 saturated heterocycles. The highest BCUT2D eigenvalue weighted by molar-refractivity contribution is 6.05. The van der Waals surface area contributed by atoms with Gasteiger partial charge < -0.3 is 10.1 Å². The van der Waals surface area contributed by atoms with Crippen LogP contribution in [0, 0.1) is 0 Å². The highest BCUT2D eigenvalue weighted by Gasteiger charge is 2.40. The van der Waals surface area contributed by atoms with Gasteiger partial charge in [0.15, 0.2) is 0 Å². The van der Waals surface area contributed by atoms with Crippen molar-refractivity contribution < 1.29 is 32.3 Å². The molecule has 0 spiro atoms. The average Bonchev–Trinajstić information content (AvgIpc) is 2.82. The van der Waals surface area contributed by atoms with Gasteiger partial charge in [-0.1, -0.05) is 0 Å². The molecule has 1 aromatic carbocycles. The molecule has 1 heterocycles. The van der Waals surface area contributed by atoms with E-state index in [0.717, 1.165) is 17.0 Å². The van der Waals surface area contributed by atoms with E-state index < -0.39 is 24.1 Å². The number of imide groups is 1. The van der Waals surface area contributed by atoms with Crippen molar-refractivity contribution in [1.29, 1.82) is 0 Å². The van der Waals surface area contributed by atoms with Crippen molar-refractivity contribution in [1.82, 2.24) is 9.80 Å². The van der Waals surface area contributed by atoms with Gasteiger partial charge in [-0.05, 0) is 38.2 Å². The summed E-state index contributed by atoms with van der Waals surface area (Å²) in [6.45, 7) is 1.82. The fourth-order valence-electron chi connectivity index (χ4n) is 2.62. The van der Waals surface area contributed by atoms with Crippen molar-refractivity contribution in [2.75, 3.05) is 25.5 Å². The van der Waals surface area contributed by atoms with Gasteiger partial charge >= 0.3 is 6.36 Å². The minimum Gasteiger partial charge on any atom is -0.406 e. The third-order valence-electron chi connectivity index (χ3n) is 3.83. The normalized spacial score (nSPS) is 17.8.